The topological polar surface area (TPSA) is 3.24 Å². The fourth-order valence-corrected chi connectivity index (χ4v) is 2.34. The lowest BCUT2D eigenvalue weighted by Crippen LogP contribution is -2.18. The minimum Gasteiger partial charge on any atom is -0.350 e. The van der Waals surface area contributed by atoms with Gasteiger partial charge in [0.2, 0.25) is 0 Å². The Kier molecular flexibility index (Phi) is 3.71. The smallest absolute Gasteiger partial charge is 0.0800 e. The standard InChI is InChI=1S/C10H9NS.BrH/c1-2-7-11-8-12-10-6-4-3-5-9(10)11;/h1,3-6H,7-8H2;1H. The predicted molar refractivity (Wildman–Crippen MR) is 63.7 cm³/mol. The van der Waals surface area contributed by atoms with Crippen LogP contribution < -0.4 is 4.90 Å². The fraction of sp³-hybridized carbons (Fsp3) is 0.200. The number of benzene rings is 1. The summed E-state index contributed by atoms with van der Waals surface area (Å²) < 4.78 is 0. The molecule has 0 N–H and O–H groups in total. The van der Waals surface area contributed by atoms with Crippen LogP contribution in [0.4, 0.5) is 5.69 Å². The Hall–Kier alpha value is -0.590. The maximum absolute atomic E-state index is 5.26. The molecule has 0 unspecified atom stereocenters. The second kappa shape index (κ2) is 4.59. The normalized spacial score (nSPS) is 13.0. The zero-order valence-corrected chi connectivity index (χ0v) is 9.59. The summed E-state index contributed by atoms with van der Waals surface area (Å²) in [6, 6.07) is 8.36. The summed E-state index contributed by atoms with van der Waals surface area (Å²) in [4.78, 5) is 3.55. The van der Waals surface area contributed by atoms with Crippen molar-refractivity contribution in [3.8, 4) is 12.3 Å². The first-order valence-corrected chi connectivity index (χ1v) is 4.80. The van der Waals surface area contributed by atoms with E-state index < -0.39 is 0 Å². The number of terminal acetylenes is 1. The van der Waals surface area contributed by atoms with Crippen molar-refractivity contribution in [2.45, 2.75) is 4.90 Å². The molecule has 0 spiro atoms. The van der Waals surface area contributed by atoms with Crippen molar-refractivity contribution in [1.82, 2.24) is 0 Å². The van der Waals surface area contributed by atoms with E-state index in [1.165, 1.54) is 10.6 Å². The molecule has 1 heterocycles. The van der Waals surface area contributed by atoms with Crippen LogP contribution in [0.2, 0.25) is 0 Å². The first kappa shape index (κ1) is 10.5. The van der Waals surface area contributed by atoms with E-state index in [2.05, 4.69) is 29.0 Å². The summed E-state index contributed by atoms with van der Waals surface area (Å²) in [6.45, 7) is 0.712. The molecule has 3 heteroatoms. The Balaban J connectivity index is 0.000000845. The van der Waals surface area contributed by atoms with Crippen molar-refractivity contribution in [2.24, 2.45) is 0 Å². The molecule has 1 aromatic carbocycles. The van der Waals surface area contributed by atoms with Crippen LogP contribution in [0.5, 0.6) is 0 Å². The van der Waals surface area contributed by atoms with Crippen LogP contribution in [0.15, 0.2) is 29.2 Å². The number of rotatable bonds is 1. The third-order valence-electron chi connectivity index (χ3n) is 1.86. The summed E-state index contributed by atoms with van der Waals surface area (Å²) in [7, 11) is 0. The van der Waals surface area contributed by atoms with Crippen LogP contribution >= 0.6 is 28.7 Å². The zero-order valence-electron chi connectivity index (χ0n) is 7.06. The molecule has 68 valence electrons. The highest BCUT2D eigenvalue weighted by atomic mass is 79.9. The maximum atomic E-state index is 5.26. The van der Waals surface area contributed by atoms with Crippen LogP contribution in [-0.2, 0) is 0 Å². The van der Waals surface area contributed by atoms with Gasteiger partial charge in [0.1, 0.15) is 0 Å². The average Bonchev–Trinajstić information content (AvgIpc) is 2.50. The summed E-state index contributed by atoms with van der Waals surface area (Å²) in [5.74, 6) is 3.65. The van der Waals surface area contributed by atoms with Crippen LogP contribution in [0.3, 0.4) is 0 Å². The minimum atomic E-state index is 0. The van der Waals surface area contributed by atoms with Gasteiger partial charge in [0.05, 0.1) is 18.1 Å². The molecule has 0 atom stereocenters. The summed E-state index contributed by atoms with van der Waals surface area (Å²) in [5, 5.41) is 0. The van der Waals surface area contributed by atoms with Gasteiger partial charge < -0.3 is 4.90 Å². The fourth-order valence-electron chi connectivity index (χ4n) is 1.30. The molecule has 0 radical (unpaired) electrons. The summed E-state index contributed by atoms with van der Waals surface area (Å²) in [6.07, 6.45) is 5.26. The minimum absolute atomic E-state index is 0. The Bertz CT molecular complexity index is 332. The highest BCUT2D eigenvalue weighted by Crippen LogP contribution is 2.37. The quantitative estimate of drug-likeness (QED) is 0.711. The van der Waals surface area contributed by atoms with E-state index in [0.29, 0.717) is 6.54 Å². The van der Waals surface area contributed by atoms with Crippen LogP contribution in [-0.4, -0.2) is 12.4 Å². The Morgan fingerprint density at radius 3 is 3.00 bits per heavy atom. The molecule has 0 amide bonds. The van der Waals surface area contributed by atoms with Gasteiger partial charge in [-0.3, -0.25) is 0 Å². The molecule has 1 nitrogen and oxygen atoms in total. The van der Waals surface area contributed by atoms with E-state index in [-0.39, 0.29) is 17.0 Å². The SMILES string of the molecule is Br.C#CCN1CSc2ccccc21. The van der Waals surface area contributed by atoms with E-state index in [1.807, 2.05) is 17.8 Å². The van der Waals surface area contributed by atoms with Gasteiger partial charge in [-0.2, -0.15) is 0 Å². The zero-order chi connectivity index (χ0) is 8.39. The van der Waals surface area contributed by atoms with Gasteiger partial charge in [-0.1, -0.05) is 18.1 Å². The second-order valence-electron chi connectivity index (χ2n) is 2.64. The molecule has 0 bridgehead atoms. The van der Waals surface area contributed by atoms with E-state index in [9.17, 15) is 0 Å². The van der Waals surface area contributed by atoms with Crippen molar-refractivity contribution in [3.63, 3.8) is 0 Å². The number of para-hydroxylation sites is 1. The first-order valence-electron chi connectivity index (χ1n) is 3.82. The number of nitrogens with zero attached hydrogens (tertiary/aromatic N) is 1. The predicted octanol–water partition coefficient (Wildman–Crippen LogP) is 2.77. The van der Waals surface area contributed by atoms with Crippen LogP contribution in [0.1, 0.15) is 0 Å². The monoisotopic (exact) mass is 255 g/mol. The molecular formula is C10H10BrNS. The van der Waals surface area contributed by atoms with Crippen molar-refractivity contribution in [2.75, 3.05) is 17.3 Å². The Morgan fingerprint density at radius 2 is 2.23 bits per heavy atom. The molecular weight excluding hydrogens is 246 g/mol. The number of thioether (sulfide) groups is 1. The van der Waals surface area contributed by atoms with Gasteiger partial charge in [-0.25, -0.2) is 0 Å². The molecule has 1 aliphatic heterocycles. The average molecular weight is 256 g/mol. The highest BCUT2D eigenvalue weighted by molar-refractivity contribution is 8.93. The van der Waals surface area contributed by atoms with Gasteiger partial charge in [0.15, 0.2) is 0 Å². The molecule has 0 aliphatic carbocycles. The highest BCUT2D eigenvalue weighted by Gasteiger charge is 2.17. The first-order chi connectivity index (χ1) is 5.92. The van der Waals surface area contributed by atoms with Crippen molar-refractivity contribution in [1.29, 1.82) is 0 Å². The van der Waals surface area contributed by atoms with E-state index in [4.69, 9.17) is 6.42 Å². The molecule has 0 saturated heterocycles. The van der Waals surface area contributed by atoms with E-state index in [0.717, 1.165) is 5.88 Å². The van der Waals surface area contributed by atoms with Gasteiger partial charge in [-0.05, 0) is 12.1 Å². The summed E-state index contributed by atoms with van der Waals surface area (Å²) >= 11 is 1.85. The third-order valence-corrected chi connectivity index (χ3v) is 2.96. The number of hydrogen-bond donors (Lipinski definition) is 0. The Labute approximate surface area is 93.3 Å². The third kappa shape index (κ3) is 2.01. The van der Waals surface area contributed by atoms with Crippen molar-refractivity contribution in [3.05, 3.63) is 24.3 Å². The molecule has 0 saturated carbocycles. The Morgan fingerprint density at radius 1 is 1.46 bits per heavy atom. The van der Waals surface area contributed by atoms with E-state index >= 15 is 0 Å². The van der Waals surface area contributed by atoms with Gasteiger partial charge >= 0.3 is 0 Å². The lowest BCUT2D eigenvalue weighted by atomic mass is 10.3. The molecule has 2 rings (SSSR count). The largest absolute Gasteiger partial charge is 0.350 e. The van der Waals surface area contributed by atoms with E-state index in [1.54, 1.807) is 0 Å². The molecule has 1 aliphatic rings. The summed E-state index contributed by atoms with van der Waals surface area (Å²) in [5.41, 5.74) is 1.28. The lowest BCUT2D eigenvalue weighted by Gasteiger charge is -2.13. The molecule has 0 fully saturated rings. The number of anilines is 1. The molecule has 0 aromatic heterocycles. The number of halogens is 1. The van der Waals surface area contributed by atoms with Crippen LogP contribution in [0.25, 0.3) is 0 Å². The second-order valence-corrected chi connectivity index (χ2v) is 3.63. The van der Waals surface area contributed by atoms with Gasteiger partial charge in [0.25, 0.3) is 0 Å². The lowest BCUT2D eigenvalue weighted by molar-refractivity contribution is 1.03. The van der Waals surface area contributed by atoms with Gasteiger partial charge in [0, 0.05) is 4.90 Å². The number of hydrogen-bond acceptors (Lipinski definition) is 2. The van der Waals surface area contributed by atoms with Crippen molar-refractivity contribution >= 4 is 34.4 Å². The maximum Gasteiger partial charge on any atom is 0.0800 e. The molecule has 1 aromatic rings. The molecule has 13 heavy (non-hydrogen) atoms. The van der Waals surface area contributed by atoms with Gasteiger partial charge in [-0.15, -0.1) is 35.2 Å². The van der Waals surface area contributed by atoms with Crippen LogP contribution in [0, 0.1) is 12.3 Å². The number of fused-ring (bicyclic) bond motifs is 1. The van der Waals surface area contributed by atoms with Crippen molar-refractivity contribution < 1.29 is 0 Å².